The van der Waals surface area contributed by atoms with E-state index in [4.69, 9.17) is 10.5 Å². The van der Waals surface area contributed by atoms with Gasteiger partial charge in [0.1, 0.15) is 5.82 Å². The van der Waals surface area contributed by atoms with Crippen LogP contribution in [0.1, 0.15) is 31.7 Å². The fraction of sp³-hybridized carbons (Fsp3) is 0.625. The molecule has 1 aliphatic rings. The van der Waals surface area contributed by atoms with Crippen molar-refractivity contribution < 1.29 is 9.13 Å². The Labute approximate surface area is 120 Å². The molecule has 1 unspecified atom stereocenters. The minimum Gasteiger partial charge on any atom is -0.376 e. The van der Waals surface area contributed by atoms with Gasteiger partial charge in [0.25, 0.3) is 0 Å². The van der Waals surface area contributed by atoms with E-state index in [2.05, 4.69) is 17.9 Å². The minimum atomic E-state index is -0.178. The van der Waals surface area contributed by atoms with Crippen molar-refractivity contribution in [2.45, 2.75) is 38.7 Å². The Hall–Kier alpha value is -1.13. The number of nitrogens with two attached hydrogens (primary N) is 1. The fourth-order valence-electron chi connectivity index (χ4n) is 2.72. The second-order valence-corrected chi connectivity index (χ2v) is 5.44. The SMILES string of the molecule is CCCOC1CCCN(c2cc(F)cc(CCN)c2)C1. The number of hydrogen-bond donors (Lipinski definition) is 1. The third-order valence-corrected chi connectivity index (χ3v) is 3.68. The molecule has 0 bridgehead atoms. The van der Waals surface area contributed by atoms with Crippen LogP contribution in [0.15, 0.2) is 18.2 Å². The molecule has 1 fully saturated rings. The van der Waals surface area contributed by atoms with E-state index in [1.165, 1.54) is 0 Å². The summed E-state index contributed by atoms with van der Waals surface area (Å²) in [7, 11) is 0. The van der Waals surface area contributed by atoms with E-state index in [1.807, 2.05) is 0 Å². The highest BCUT2D eigenvalue weighted by Gasteiger charge is 2.21. The van der Waals surface area contributed by atoms with Gasteiger partial charge in [-0.3, -0.25) is 0 Å². The molecule has 0 aromatic heterocycles. The minimum absolute atomic E-state index is 0.178. The zero-order valence-electron chi connectivity index (χ0n) is 12.3. The topological polar surface area (TPSA) is 38.5 Å². The normalized spacial score (nSPS) is 19.4. The predicted molar refractivity (Wildman–Crippen MR) is 80.6 cm³/mol. The van der Waals surface area contributed by atoms with Crippen LogP contribution in [-0.4, -0.2) is 32.3 Å². The summed E-state index contributed by atoms with van der Waals surface area (Å²) in [6.07, 6.45) is 4.22. The average Bonchev–Trinajstić information content (AvgIpc) is 2.45. The lowest BCUT2D eigenvalue weighted by Gasteiger charge is -2.34. The maximum atomic E-state index is 13.7. The molecule has 112 valence electrons. The lowest BCUT2D eigenvalue weighted by molar-refractivity contribution is 0.0440. The monoisotopic (exact) mass is 280 g/mol. The van der Waals surface area contributed by atoms with Gasteiger partial charge in [-0.05, 0) is 56.0 Å². The summed E-state index contributed by atoms with van der Waals surface area (Å²) in [5.41, 5.74) is 7.49. The third-order valence-electron chi connectivity index (χ3n) is 3.68. The first-order valence-corrected chi connectivity index (χ1v) is 7.59. The quantitative estimate of drug-likeness (QED) is 0.870. The molecule has 0 radical (unpaired) electrons. The van der Waals surface area contributed by atoms with Gasteiger partial charge in [0, 0.05) is 25.4 Å². The molecule has 0 spiro atoms. The molecule has 1 saturated heterocycles. The van der Waals surface area contributed by atoms with E-state index in [-0.39, 0.29) is 11.9 Å². The van der Waals surface area contributed by atoms with Gasteiger partial charge in [0.05, 0.1) is 6.10 Å². The van der Waals surface area contributed by atoms with Crippen molar-refractivity contribution in [1.82, 2.24) is 0 Å². The predicted octanol–water partition coefficient (Wildman–Crippen LogP) is 2.72. The molecule has 1 aromatic rings. The van der Waals surface area contributed by atoms with Gasteiger partial charge in [-0.25, -0.2) is 4.39 Å². The van der Waals surface area contributed by atoms with E-state index in [0.717, 1.165) is 50.2 Å². The summed E-state index contributed by atoms with van der Waals surface area (Å²) in [5.74, 6) is -0.178. The molecule has 1 heterocycles. The fourth-order valence-corrected chi connectivity index (χ4v) is 2.72. The van der Waals surface area contributed by atoms with Crippen molar-refractivity contribution in [2.24, 2.45) is 5.73 Å². The highest BCUT2D eigenvalue weighted by Crippen LogP contribution is 2.24. The summed E-state index contributed by atoms with van der Waals surface area (Å²) in [4.78, 5) is 2.23. The molecule has 1 atom stereocenters. The summed E-state index contributed by atoms with van der Waals surface area (Å²) >= 11 is 0. The number of anilines is 1. The van der Waals surface area contributed by atoms with Crippen LogP contribution in [0.2, 0.25) is 0 Å². The molecule has 0 saturated carbocycles. The van der Waals surface area contributed by atoms with Gasteiger partial charge in [-0.2, -0.15) is 0 Å². The largest absolute Gasteiger partial charge is 0.376 e. The van der Waals surface area contributed by atoms with Crippen LogP contribution in [0.4, 0.5) is 10.1 Å². The van der Waals surface area contributed by atoms with E-state index < -0.39 is 0 Å². The average molecular weight is 280 g/mol. The van der Waals surface area contributed by atoms with Crippen LogP contribution >= 0.6 is 0 Å². The first-order valence-electron chi connectivity index (χ1n) is 7.59. The molecule has 4 heteroatoms. The van der Waals surface area contributed by atoms with Crippen LogP contribution in [0.5, 0.6) is 0 Å². The third kappa shape index (κ3) is 4.18. The van der Waals surface area contributed by atoms with Gasteiger partial charge in [0.2, 0.25) is 0 Å². The van der Waals surface area contributed by atoms with Crippen LogP contribution in [0.25, 0.3) is 0 Å². The Morgan fingerprint density at radius 3 is 3.00 bits per heavy atom. The second-order valence-electron chi connectivity index (χ2n) is 5.44. The van der Waals surface area contributed by atoms with Crippen molar-refractivity contribution in [3.63, 3.8) is 0 Å². The Morgan fingerprint density at radius 1 is 1.40 bits per heavy atom. The number of rotatable bonds is 6. The molecule has 2 rings (SSSR count). The number of halogens is 1. The second kappa shape index (κ2) is 7.60. The lowest BCUT2D eigenvalue weighted by Crippen LogP contribution is -2.40. The van der Waals surface area contributed by atoms with Crippen molar-refractivity contribution in [3.05, 3.63) is 29.6 Å². The van der Waals surface area contributed by atoms with E-state index in [0.29, 0.717) is 13.0 Å². The molecule has 3 nitrogen and oxygen atoms in total. The maximum Gasteiger partial charge on any atom is 0.125 e. The van der Waals surface area contributed by atoms with Crippen LogP contribution in [-0.2, 0) is 11.2 Å². The first kappa shape index (κ1) is 15.3. The van der Waals surface area contributed by atoms with Crippen molar-refractivity contribution in [3.8, 4) is 0 Å². The Bertz CT molecular complexity index is 425. The summed E-state index contributed by atoms with van der Waals surface area (Å²) in [6, 6.07) is 5.24. The lowest BCUT2D eigenvalue weighted by atomic mass is 10.1. The van der Waals surface area contributed by atoms with Crippen LogP contribution < -0.4 is 10.6 Å². The molecule has 1 aliphatic heterocycles. The Balaban J connectivity index is 2.05. The van der Waals surface area contributed by atoms with Crippen LogP contribution in [0.3, 0.4) is 0 Å². The van der Waals surface area contributed by atoms with Crippen molar-refractivity contribution in [2.75, 3.05) is 31.1 Å². The standard InChI is InChI=1S/C16H25FN2O/c1-2-8-20-16-4-3-7-19(12-16)15-10-13(5-6-18)9-14(17)11-15/h9-11,16H,2-8,12,18H2,1H3. The highest BCUT2D eigenvalue weighted by atomic mass is 19.1. The number of benzene rings is 1. The van der Waals surface area contributed by atoms with Gasteiger partial charge >= 0.3 is 0 Å². The van der Waals surface area contributed by atoms with Gasteiger partial charge < -0.3 is 15.4 Å². The van der Waals surface area contributed by atoms with Gasteiger partial charge in [0.15, 0.2) is 0 Å². The smallest absolute Gasteiger partial charge is 0.125 e. The Kier molecular flexibility index (Phi) is 5.80. The molecule has 2 N–H and O–H groups in total. The first-order chi connectivity index (χ1) is 9.72. The molecule has 20 heavy (non-hydrogen) atoms. The highest BCUT2D eigenvalue weighted by molar-refractivity contribution is 5.49. The van der Waals surface area contributed by atoms with Gasteiger partial charge in [-0.1, -0.05) is 6.92 Å². The van der Waals surface area contributed by atoms with Crippen molar-refractivity contribution in [1.29, 1.82) is 0 Å². The number of ether oxygens (including phenoxy) is 1. The number of hydrogen-bond acceptors (Lipinski definition) is 3. The zero-order valence-corrected chi connectivity index (χ0v) is 12.3. The molecular formula is C16H25FN2O. The van der Waals surface area contributed by atoms with E-state index in [1.54, 1.807) is 12.1 Å². The van der Waals surface area contributed by atoms with E-state index in [9.17, 15) is 4.39 Å². The number of nitrogens with zero attached hydrogens (tertiary/aromatic N) is 1. The number of piperidine rings is 1. The maximum absolute atomic E-state index is 13.7. The van der Waals surface area contributed by atoms with Gasteiger partial charge in [-0.15, -0.1) is 0 Å². The summed E-state index contributed by atoms with van der Waals surface area (Å²) in [6.45, 7) is 5.29. The summed E-state index contributed by atoms with van der Waals surface area (Å²) < 4.78 is 19.5. The molecule has 1 aromatic carbocycles. The zero-order chi connectivity index (χ0) is 14.4. The Morgan fingerprint density at radius 2 is 2.25 bits per heavy atom. The summed E-state index contributed by atoms with van der Waals surface area (Å²) in [5, 5.41) is 0. The van der Waals surface area contributed by atoms with Crippen LogP contribution in [0, 0.1) is 5.82 Å². The van der Waals surface area contributed by atoms with Crippen molar-refractivity contribution >= 4 is 5.69 Å². The molecular weight excluding hydrogens is 255 g/mol. The molecule has 0 amide bonds. The molecule has 0 aliphatic carbocycles. The van der Waals surface area contributed by atoms with E-state index >= 15 is 0 Å².